The zero-order chi connectivity index (χ0) is 32.7. The molecular weight excluding hydrogens is 588 g/mol. The number of carbonyl (C=O) groups is 3. The van der Waals surface area contributed by atoms with Crippen molar-refractivity contribution in [3.8, 4) is 17.0 Å². The summed E-state index contributed by atoms with van der Waals surface area (Å²) < 4.78 is 10.2. The molecule has 1 aromatic heterocycles. The highest BCUT2D eigenvalue weighted by molar-refractivity contribution is 5.97. The van der Waals surface area contributed by atoms with Crippen molar-refractivity contribution in [2.75, 3.05) is 53.1 Å². The summed E-state index contributed by atoms with van der Waals surface area (Å²) in [6.45, 7) is 1.20. The number of methoxy groups -OCH3 is 1. The van der Waals surface area contributed by atoms with Crippen molar-refractivity contribution < 1.29 is 34.1 Å². The highest BCUT2D eigenvalue weighted by Crippen LogP contribution is 2.28. The minimum absolute atomic E-state index is 0.0307. The van der Waals surface area contributed by atoms with Crippen molar-refractivity contribution in [3.05, 3.63) is 78.0 Å². The number of hydrogen-bond acceptors (Lipinski definition) is 8. The van der Waals surface area contributed by atoms with Crippen LogP contribution in [0.1, 0.15) is 60.6 Å². The molecule has 1 saturated carbocycles. The number of H-pyrrole nitrogens is 1. The third-order valence-corrected chi connectivity index (χ3v) is 8.26. The van der Waals surface area contributed by atoms with E-state index < -0.39 is 12.0 Å². The standard InChI is InChI=1S/C35H46N4O7/c1-45-32(42)25-46-29-15-13-27(14-16-29)33(34(43)36-28-11-6-3-7-12-28)39(20-8-19-38(21-23-40)22-24-41)35(44)31-18-17-30(37-31)26-9-4-2-5-10-26/h2,4-5,9-10,13-18,28,33,37,40-41H,3,6-8,11-12,19-25H2,1H3,(H,36,43). The van der Waals surface area contributed by atoms with Crippen molar-refractivity contribution in [2.24, 2.45) is 0 Å². The van der Waals surface area contributed by atoms with Gasteiger partial charge in [-0.3, -0.25) is 14.5 Å². The number of aliphatic hydroxyl groups excluding tert-OH is 2. The molecular formula is C35H46N4O7. The normalized spacial score (nSPS) is 14.1. The van der Waals surface area contributed by atoms with E-state index >= 15 is 0 Å². The summed E-state index contributed by atoms with van der Waals surface area (Å²) >= 11 is 0. The molecule has 0 saturated heterocycles. The Balaban J connectivity index is 1.66. The summed E-state index contributed by atoms with van der Waals surface area (Å²) in [5, 5.41) is 22.2. The molecule has 4 N–H and O–H groups in total. The SMILES string of the molecule is COC(=O)COc1ccc(C(C(=O)NC2CCCCC2)N(CCCN(CCO)CCO)C(=O)c2ccc(-c3ccccc3)[nH]2)cc1. The van der Waals surface area contributed by atoms with Gasteiger partial charge in [0.15, 0.2) is 6.61 Å². The van der Waals surface area contributed by atoms with Gasteiger partial charge in [0.05, 0.1) is 20.3 Å². The van der Waals surface area contributed by atoms with Gasteiger partial charge in [-0.15, -0.1) is 0 Å². The van der Waals surface area contributed by atoms with E-state index in [4.69, 9.17) is 4.74 Å². The summed E-state index contributed by atoms with van der Waals surface area (Å²) in [4.78, 5) is 46.9. The fourth-order valence-corrected chi connectivity index (χ4v) is 5.84. The predicted octanol–water partition coefficient (Wildman–Crippen LogP) is 3.54. The average Bonchev–Trinajstić information content (AvgIpc) is 3.58. The molecule has 1 unspecified atom stereocenters. The van der Waals surface area contributed by atoms with Crippen LogP contribution in [0.5, 0.6) is 5.75 Å². The lowest BCUT2D eigenvalue weighted by Crippen LogP contribution is -2.48. The Morgan fingerprint density at radius 3 is 2.24 bits per heavy atom. The first-order valence-electron chi connectivity index (χ1n) is 16.0. The van der Waals surface area contributed by atoms with Crippen LogP contribution in [0, 0.1) is 0 Å². The van der Waals surface area contributed by atoms with Crippen LogP contribution in [0.4, 0.5) is 0 Å². The van der Waals surface area contributed by atoms with Crippen LogP contribution in [-0.2, 0) is 14.3 Å². The van der Waals surface area contributed by atoms with Gasteiger partial charge in [0, 0.05) is 37.9 Å². The van der Waals surface area contributed by atoms with Gasteiger partial charge in [-0.25, -0.2) is 4.79 Å². The summed E-state index contributed by atoms with van der Waals surface area (Å²) in [5.41, 5.74) is 2.68. The molecule has 0 radical (unpaired) electrons. The Morgan fingerprint density at radius 2 is 1.59 bits per heavy atom. The fourth-order valence-electron chi connectivity index (χ4n) is 5.84. The Bertz CT molecular complexity index is 1370. The first kappa shape index (κ1) is 34.7. The number of aromatic amines is 1. The number of carbonyl (C=O) groups excluding carboxylic acids is 3. The molecule has 46 heavy (non-hydrogen) atoms. The van der Waals surface area contributed by atoms with Gasteiger partial charge in [0.2, 0.25) is 5.91 Å². The number of nitrogens with zero attached hydrogens (tertiary/aromatic N) is 2. The first-order valence-corrected chi connectivity index (χ1v) is 16.0. The minimum atomic E-state index is -0.948. The zero-order valence-electron chi connectivity index (χ0n) is 26.5. The largest absolute Gasteiger partial charge is 0.482 e. The number of ether oxygens (including phenoxy) is 2. The molecule has 2 aromatic carbocycles. The van der Waals surface area contributed by atoms with Gasteiger partial charge < -0.3 is 34.9 Å². The molecule has 11 nitrogen and oxygen atoms in total. The number of benzene rings is 2. The Kier molecular flexibility index (Phi) is 13.6. The maximum Gasteiger partial charge on any atom is 0.343 e. The van der Waals surface area contributed by atoms with E-state index in [2.05, 4.69) is 15.0 Å². The van der Waals surface area contributed by atoms with Crippen molar-refractivity contribution in [1.82, 2.24) is 20.1 Å². The Labute approximate surface area is 270 Å². The number of nitrogens with one attached hydrogen (secondary N) is 2. The molecule has 1 heterocycles. The molecule has 0 bridgehead atoms. The third kappa shape index (κ3) is 9.90. The maximum absolute atomic E-state index is 14.4. The topological polar surface area (TPSA) is 144 Å². The van der Waals surface area contributed by atoms with Crippen LogP contribution >= 0.6 is 0 Å². The molecule has 4 rings (SSSR count). The van der Waals surface area contributed by atoms with E-state index in [-0.39, 0.29) is 44.2 Å². The predicted molar refractivity (Wildman–Crippen MR) is 174 cm³/mol. The van der Waals surface area contributed by atoms with Gasteiger partial charge in [0.25, 0.3) is 5.91 Å². The lowest BCUT2D eigenvalue weighted by molar-refractivity contribution is -0.142. The summed E-state index contributed by atoms with van der Waals surface area (Å²) in [5.74, 6) is -0.671. The Hall–Kier alpha value is -4.19. The maximum atomic E-state index is 14.4. The molecule has 248 valence electrons. The van der Waals surface area contributed by atoms with Crippen LogP contribution in [0.2, 0.25) is 0 Å². The summed E-state index contributed by atoms with van der Waals surface area (Å²) in [6.07, 6.45) is 5.51. The molecule has 1 fully saturated rings. The van der Waals surface area contributed by atoms with E-state index in [1.165, 1.54) is 7.11 Å². The van der Waals surface area contributed by atoms with E-state index in [0.717, 1.165) is 43.4 Å². The van der Waals surface area contributed by atoms with Crippen molar-refractivity contribution in [1.29, 1.82) is 0 Å². The summed E-state index contributed by atoms with van der Waals surface area (Å²) in [6, 6.07) is 19.2. The second-order valence-corrected chi connectivity index (χ2v) is 11.5. The molecule has 3 aromatic rings. The fraction of sp³-hybridized carbons (Fsp3) is 0.457. The monoisotopic (exact) mass is 634 g/mol. The number of aromatic nitrogens is 1. The molecule has 0 spiro atoms. The van der Waals surface area contributed by atoms with Crippen molar-refractivity contribution in [3.63, 3.8) is 0 Å². The van der Waals surface area contributed by atoms with Crippen LogP contribution in [0.15, 0.2) is 66.7 Å². The van der Waals surface area contributed by atoms with E-state index in [1.807, 2.05) is 41.3 Å². The molecule has 2 amide bonds. The van der Waals surface area contributed by atoms with Gasteiger partial charge in [-0.1, -0.05) is 61.7 Å². The number of hydrogen-bond donors (Lipinski definition) is 4. The molecule has 11 heteroatoms. The van der Waals surface area contributed by atoms with Crippen LogP contribution in [0.3, 0.4) is 0 Å². The molecule has 0 aliphatic heterocycles. The lowest BCUT2D eigenvalue weighted by Gasteiger charge is -2.34. The minimum Gasteiger partial charge on any atom is -0.482 e. The first-order chi connectivity index (χ1) is 22.4. The van der Waals surface area contributed by atoms with E-state index in [1.54, 1.807) is 35.2 Å². The number of aliphatic hydroxyl groups is 2. The Morgan fingerprint density at radius 1 is 0.891 bits per heavy atom. The van der Waals surface area contributed by atoms with Gasteiger partial charge >= 0.3 is 5.97 Å². The second kappa shape index (κ2) is 18.1. The molecule has 1 aliphatic rings. The molecule has 1 aliphatic carbocycles. The van der Waals surface area contributed by atoms with E-state index in [9.17, 15) is 24.6 Å². The van der Waals surface area contributed by atoms with Crippen molar-refractivity contribution in [2.45, 2.75) is 50.6 Å². The average molecular weight is 635 g/mol. The number of rotatable bonds is 17. The van der Waals surface area contributed by atoms with Crippen LogP contribution < -0.4 is 10.1 Å². The third-order valence-electron chi connectivity index (χ3n) is 8.26. The summed E-state index contributed by atoms with van der Waals surface area (Å²) in [7, 11) is 1.29. The van der Waals surface area contributed by atoms with Crippen LogP contribution in [0.25, 0.3) is 11.3 Å². The van der Waals surface area contributed by atoms with Gasteiger partial charge in [-0.05, 0) is 54.7 Å². The second-order valence-electron chi connectivity index (χ2n) is 11.5. The van der Waals surface area contributed by atoms with Gasteiger partial charge in [-0.2, -0.15) is 0 Å². The highest BCUT2D eigenvalue weighted by atomic mass is 16.6. The zero-order valence-corrected chi connectivity index (χ0v) is 26.5. The van der Waals surface area contributed by atoms with E-state index in [0.29, 0.717) is 43.1 Å². The number of esters is 1. The lowest BCUT2D eigenvalue weighted by atomic mass is 9.94. The van der Waals surface area contributed by atoms with Gasteiger partial charge in [0.1, 0.15) is 17.5 Å². The smallest absolute Gasteiger partial charge is 0.343 e. The quantitative estimate of drug-likeness (QED) is 0.165. The van der Waals surface area contributed by atoms with Crippen molar-refractivity contribution >= 4 is 17.8 Å². The molecule has 1 atom stereocenters. The highest BCUT2D eigenvalue weighted by Gasteiger charge is 2.34. The number of amides is 2. The van der Waals surface area contributed by atoms with Crippen LogP contribution in [-0.4, -0.2) is 102 Å².